The molecule has 2 N–H and O–H groups in total. The van der Waals surface area contributed by atoms with Gasteiger partial charge in [0.1, 0.15) is 6.10 Å². The van der Waals surface area contributed by atoms with E-state index in [0.29, 0.717) is 19.6 Å². The molecule has 0 spiro atoms. The zero-order valence-corrected chi connectivity index (χ0v) is 6.13. The summed E-state index contributed by atoms with van der Waals surface area (Å²) in [6.07, 6.45) is 0.214. The molecule has 1 rings (SSSR count). The molecule has 1 fully saturated rings. The normalized spacial score (nSPS) is 27.1. The van der Waals surface area contributed by atoms with Crippen molar-refractivity contribution >= 4 is 10.3 Å². The van der Waals surface area contributed by atoms with Gasteiger partial charge in [0.05, 0.1) is 6.61 Å². The number of hydrogen-bond donors (Lipinski definition) is 1. The van der Waals surface area contributed by atoms with E-state index in [4.69, 9.17) is 4.74 Å². The molecule has 0 saturated carbocycles. The van der Waals surface area contributed by atoms with Crippen LogP contribution in [0.15, 0.2) is 0 Å². The van der Waals surface area contributed by atoms with Gasteiger partial charge in [-0.15, -0.1) is 0 Å². The van der Waals surface area contributed by atoms with Crippen molar-refractivity contribution in [3.05, 3.63) is 0 Å². The van der Waals surface area contributed by atoms with Crippen molar-refractivity contribution in [2.75, 3.05) is 13.2 Å². The smallest absolute Gasteiger partial charge is 0.333 e. The van der Waals surface area contributed by atoms with Crippen LogP contribution >= 0.6 is 0 Å². The molecule has 0 aromatic heterocycles. The zero-order valence-electron chi connectivity index (χ0n) is 5.32. The summed E-state index contributed by atoms with van der Waals surface area (Å²) in [7, 11) is -3.79. The summed E-state index contributed by atoms with van der Waals surface area (Å²) in [6, 6.07) is 0. The van der Waals surface area contributed by atoms with E-state index in [9.17, 15) is 8.42 Å². The topological polar surface area (TPSA) is 78.6 Å². The average Bonchev–Trinajstić information content (AvgIpc) is 2.12. The maximum absolute atomic E-state index is 10.3. The summed E-state index contributed by atoms with van der Waals surface area (Å²) in [5.74, 6) is 0. The number of ether oxygens (including phenoxy) is 1. The van der Waals surface area contributed by atoms with Crippen LogP contribution in [0.5, 0.6) is 0 Å². The lowest BCUT2D eigenvalue weighted by Gasteiger charge is -2.04. The van der Waals surface area contributed by atoms with Crippen LogP contribution in [0, 0.1) is 0 Å². The Morgan fingerprint density at radius 2 is 2.30 bits per heavy atom. The van der Waals surface area contributed by atoms with Crippen LogP contribution in [-0.4, -0.2) is 27.7 Å². The lowest BCUT2D eigenvalue weighted by molar-refractivity contribution is 0.145. The largest absolute Gasteiger partial charge is 0.379 e. The highest BCUT2D eigenvalue weighted by molar-refractivity contribution is 7.84. The molecule has 60 valence electrons. The Bertz CT molecular complexity index is 193. The maximum atomic E-state index is 10.3. The van der Waals surface area contributed by atoms with Crippen LogP contribution in [0.2, 0.25) is 0 Å². The molecule has 0 radical (unpaired) electrons. The second-order valence-corrected chi connectivity index (χ2v) is 3.25. The first-order valence-electron chi connectivity index (χ1n) is 2.87. The van der Waals surface area contributed by atoms with Crippen molar-refractivity contribution in [2.45, 2.75) is 12.5 Å². The summed E-state index contributed by atoms with van der Waals surface area (Å²) in [6.45, 7) is 0.858. The van der Waals surface area contributed by atoms with Crippen LogP contribution in [0.4, 0.5) is 0 Å². The van der Waals surface area contributed by atoms with Gasteiger partial charge in [-0.2, -0.15) is 8.42 Å². The van der Waals surface area contributed by atoms with Crippen molar-refractivity contribution in [3.8, 4) is 0 Å². The Morgan fingerprint density at radius 3 is 2.70 bits per heavy atom. The Kier molecular flexibility index (Phi) is 2.24. The van der Waals surface area contributed by atoms with Gasteiger partial charge in [0.2, 0.25) is 0 Å². The molecule has 1 aliphatic rings. The molecule has 0 bridgehead atoms. The van der Waals surface area contributed by atoms with Gasteiger partial charge in [0.15, 0.2) is 0 Å². The summed E-state index contributed by atoms with van der Waals surface area (Å²) in [5, 5.41) is 4.61. The molecule has 1 heterocycles. The molecule has 10 heavy (non-hydrogen) atoms. The van der Waals surface area contributed by atoms with E-state index in [2.05, 4.69) is 9.32 Å². The second kappa shape index (κ2) is 2.83. The fourth-order valence-electron chi connectivity index (χ4n) is 0.778. The molecule has 1 saturated heterocycles. The predicted octanol–water partition coefficient (Wildman–Crippen LogP) is -1.00. The summed E-state index contributed by atoms with van der Waals surface area (Å²) in [4.78, 5) is 0. The van der Waals surface area contributed by atoms with Crippen molar-refractivity contribution in [2.24, 2.45) is 5.14 Å². The Labute approximate surface area is 59.4 Å². The number of rotatable bonds is 2. The molecule has 0 aliphatic carbocycles. The Hall–Kier alpha value is -0.170. The molecule has 0 aromatic carbocycles. The standard InChI is InChI=1S/C4H9NO4S/c5-10(6,7)9-4-1-2-8-3-4/h4H,1-3H2,(H2,5,6,7). The van der Waals surface area contributed by atoms with Crippen LogP contribution in [-0.2, 0) is 19.2 Å². The first-order valence-corrected chi connectivity index (χ1v) is 4.34. The Balaban J connectivity index is 2.38. The van der Waals surface area contributed by atoms with E-state index < -0.39 is 10.3 Å². The summed E-state index contributed by atoms with van der Waals surface area (Å²) in [5.41, 5.74) is 0. The predicted molar refractivity (Wildman–Crippen MR) is 33.4 cm³/mol. The molecule has 5 nitrogen and oxygen atoms in total. The van der Waals surface area contributed by atoms with Crippen LogP contribution in [0.25, 0.3) is 0 Å². The number of hydrogen-bond acceptors (Lipinski definition) is 4. The van der Waals surface area contributed by atoms with E-state index in [0.717, 1.165) is 0 Å². The van der Waals surface area contributed by atoms with Crippen molar-refractivity contribution in [1.29, 1.82) is 0 Å². The van der Waals surface area contributed by atoms with E-state index in [-0.39, 0.29) is 6.10 Å². The molecular weight excluding hydrogens is 158 g/mol. The lowest BCUT2D eigenvalue weighted by atomic mass is 10.3. The van der Waals surface area contributed by atoms with Gasteiger partial charge in [-0.05, 0) is 0 Å². The Morgan fingerprint density at radius 1 is 1.60 bits per heavy atom. The molecule has 0 aromatic rings. The van der Waals surface area contributed by atoms with Gasteiger partial charge < -0.3 is 4.74 Å². The minimum absolute atomic E-state index is 0.316. The quantitative estimate of drug-likeness (QED) is 0.572. The highest BCUT2D eigenvalue weighted by Crippen LogP contribution is 2.08. The highest BCUT2D eigenvalue weighted by Gasteiger charge is 2.20. The molecule has 1 atom stereocenters. The van der Waals surface area contributed by atoms with Gasteiger partial charge in [-0.3, -0.25) is 4.18 Å². The SMILES string of the molecule is NS(=O)(=O)OC1CCOC1. The first kappa shape index (κ1) is 7.93. The third-order valence-corrected chi connectivity index (χ3v) is 1.70. The third kappa shape index (κ3) is 2.61. The third-order valence-electron chi connectivity index (χ3n) is 1.16. The van der Waals surface area contributed by atoms with E-state index in [1.807, 2.05) is 0 Å². The van der Waals surface area contributed by atoms with Crippen molar-refractivity contribution in [1.82, 2.24) is 0 Å². The number of nitrogens with two attached hydrogens (primary N) is 1. The second-order valence-electron chi connectivity index (χ2n) is 2.07. The van der Waals surface area contributed by atoms with E-state index in [1.165, 1.54) is 0 Å². The van der Waals surface area contributed by atoms with E-state index >= 15 is 0 Å². The zero-order chi connectivity index (χ0) is 7.61. The molecule has 0 amide bonds. The molecule has 6 heteroatoms. The van der Waals surface area contributed by atoms with Crippen LogP contribution in [0.1, 0.15) is 6.42 Å². The lowest BCUT2D eigenvalue weighted by Crippen LogP contribution is -2.24. The summed E-state index contributed by atoms with van der Waals surface area (Å²) < 4.78 is 29.9. The summed E-state index contributed by atoms with van der Waals surface area (Å²) >= 11 is 0. The molecule has 1 unspecified atom stereocenters. The minimum Gasteiger partial charge on any atom is -0.379 e. The van der Waals surface area contributed by atoms with Gasteiger partial charge >= 0.3 is 10.3 Å². The van der Waals surface area contributed by atoms with Gasteiger partial charge in [-0.1, -0.05) is 0 Å². The molecular formula is C4H9NO4S. The van der Waals surface area contributed by atoms with Crippen molar-refractivity contribution in [3.63, 3.8) is 0 Å². The van der Waals surface area contributed by atoms with Crippen LogP contribution < -0.4 is 5.14 Å². The average molecular weight is 167 g/mol. The first-order chi connectivity index (χ1) is 4.58. The van der Waals surface area contributed by atoms with Gasteiger partial charge in [-0.25, -0.2) is 5.14 Å². The van der Waals surface area contributed by atoms with Gasteiger partial charge in [0.25, 0.3) is 0 Å². The fourth-order valence-corrected chi connectivity index (χ4v) is 1.31. The fraction of sp³-hybridized carbons (Fsp3) is 1.00. The molecule has 1 aliphatic heterocycles. The van der Waals surface area contributed by atoms with Crippen molar-refractivity contribution < 1.29 is 17.3 Å². The maximum Gasteiger partial charge on any atom is 0.333 e. The highest BCUT2D eigenvalue weighted by atomic mass is 32.2. The monoisotopic (exact) mass is 167 g/mol. The minimum atomic E-state index is -3.79. The van der Waals surface area contributed by atoms with E-state index in [1.54, 1.807) is 0 Å². The van der Waals surface area contributed by atoms with Gasteiger partial charge in [0, 0.05) is 13.0 Å². The van der Waals surface area contributed by atoms with Crippen LogP contribution in [0.3, 0.4) is 0 Å².